The molecule has 2 aromatic rings. The van der Waals surface area contributed by atoms with Gasteiger partial charge in [0.05, 0.1) is 16.6 Å². The van der Waals surface area contributed by atoms with Gasteiger partial charge in [0.2, 0.25) is 0 Å². The average Bonchev–Trinajstić information content (AvgIpc) is 2.46. The molecule has 0 fully saturated rings. The lowest BCUT2D eigenvalue weighted by Crippen LogP contribution is -2.23. The molecule has 0 saturated carbocycles. The SMILES string of the molecule is CC(c1ccc(Cl)cc1)N(C)c1cc(C(=O)O)c(Cl)cn1. The average molecular weight is 325 g/mol. The fourth-order valence-corrected chi connectivity index (χ4v) is 2.26. The van der Waals surface area contributed by atoms with Gasteiger partial charge >= 0.3 is 5.97 Å². The molecule has 1 aromatic carbocycles. The van der Waals surface area contributed by atoms with Gasteiger partial charge in [-0.25, -0.2) is 9.78 Å². The van der Waals surface area contributed by atoms with Gasteiger partial charge in [0.25, 0.3) is 0 Å². The minimum Gasteiger partial charge on any atom is -0.478 e. The summed E-state index contributed by atoms with van der Waals surface area (Å²) in [6.07, 6.45) is 1.35. The van der Waals surface area contributed by atoms with Crippen LogP contribution in [0.1, 0.15) is 28.9 Å². The minimum atomic E-state index is -1.07. The Hall–Kier alpha value is -1.78. The molecular weight excluding hydrogens is 311 g/mol. The molecule has 6 heteroatoms. The number of nitrogens with zero attached hydrogens (tertiary/aromatic N) is 2. The molecule has 0 aliphatic heterocycles. The van der Waals surface area contributed by atoms with Crippen molar-refractivity contribution >= 4 is 35.0 Å². The van der Waals surface area contributed by atoms with Crippen LogP contribution in [0.3, 0.4) is 0 Å². The largest absolute Gasteiger partial charge is 0.478 e. The lowest BCUT2D eigenvalue weighted by molar-refractivity contribution is 0.0697. The highest BCUT2D eigenvalue weighted by atomic mass is 35.5. The van der Waals surface area contributed by atoms with Gasteiger partial charge in [0.1, 0.15) is 5.82 Å². The molecule has 1 N–H and O–H groups in total. The minimum absolute atomic E-state index is 0.0117. The van der Waals surface area contributed by atoms with Gasteiger partial charge in [-0.05, 0) is 30.7 Å². The Morgan fingerprint density at radius 2 is 1.90 bits per heavy atom. The number of pyridine rings is 1. The van der Waals surface area contributed by atoms with Crippen molar-refractivity contribution in [3.8, 4) is 0 Å². The molecule has 0 spiro atoms. The number of benzene rings is 1. The zero-order valence-corrected chi connectivity index (χ0v) is 13.1. The predicted octanol–water partition coefficient (Wildman–Crippen LogP) is 4.28. The lowest BCUT2D eigenvalue weighted by atomic mass is 10.1. The van der Waals surface area contributed by atoms with E-state index in [-0.39, 0.29) is 16.6 Å². The number of anilines is 1. The first kappa shape index (κ1) is 15.6. The van der Waals surface area contributed by atoms with E-state index in [4.69, 9.17) is 28.3 Å². The van der Waals surface area contributed by atoms with Crippen LogP contribution in [0.4, 0.5) is 5.82 Å². The Kier molecular flexibility index (Phi) is 4.70. The maximum absolute atomic E-state index is 11.1. The molecule has 4 nitrogen and oxygen atoms in total. The van der Waals surface area contributed by atoms with Gasteiger partial charge in [0.15, 0.2) is 0 Å². The van der Waals surface area contributed by atoms with Crippen LogP contribution in [0, 0.1) is 0 Å². The number of carbonyl (C=O) groups is 1. The Morgan fingerprint density at radius 1 is 1.29 bits per heavy atom. The van der Waals surface area contributed by atoms with E-state index in [9.17, 15) is 4.79 Å². The Bertz CT molecular complexity index is 659. The summed E-state index contributed by atoms with van der Waals surface area (Å²) in [6, 6.07) is 8.97. The third-order valence-electron chi connectivity index (χ3n) is 3.37. The van der Waals surface area contributed by atoms with Crippen molar-refractivity contribution in [1.82, 2.24) is 4.98 Å². The molecule has 0 bridgehead atoms. The van der Waals surface area contributed by atoms with E-state index in [1.165, 1.54) is 12.3 Å². The number of halogens is 2. The van der Waals surface area contributed by atoms with Crippen molar-refractivity contribution in [2.24, 2.45) is 0 Å². The molecule has 0 amide bonds. The first-order valence-corrected chi connectivity index (χ1v) is 7.03. The normalized spacial score (nSPS) is 12.0. The summed E-state index contributed by atoms with van der Waals surface area (Å²) in [5, 5.41) is 9.91. The summed E-state index contributed by atoms with van der Waals surface area (Å²) < 4.78 is 0. The van der Waals surface area contributed by atoms with E-state index in [0.29, 0.717) is 10.8 Å². The van der Waals surface area contributed by atoms with Gasteiger partial charge in [-0.1, -0.05) is 35.3 Å². The summed E-state index contributed by atoms with van der Waals surface area (Å²) in [5.41, 5.74) is 1.09. The fraction of sp³-hybridized carbons (Fsp3) is 0.200. The van der Waals surface area contributed by atoms with Crippen molar-refractivity contribution in [2.45, 2.75) is 13.0 Å². The molecule has 0 aliphatic rings. The Labute approximate surface area is 132 Å². The number of hydrogen-bond acceptors (Lipinski definition) is 3. The van der Waals surface area contributed by atoms with Gasteiger partial charge in [-0.2, -0.15) is 0 Å². The third kappa shape index (κ3) is 3.46. The summed E-state index contributed by atoms with van der Waals surface area (Å²) in [6.45, 7) is 2.00. The smallest absolute Gasteiger partial charge is 0.337 e. The quantitative estimate of drug-likeness (QED) is 0.911. The highest BCUT2D eigenvalue weighted by Crippen LogP contribution is 2.27. The second kappa shape index (κ2) is 6.33. The highest BCUT2D eigenvalue weighted by molar-refractivity contribution is 6.33. The summed E-state index contributed by atoms with van der Waals surface area (Å²) in [7, 11) is 1.85. The van der Waals surface area contributed by atoms with Gasteiger partial charge in [-0.15, -0.1) is 0 Å². The summed E-state index contributed by atoms with van der Waals surface area (Å²) >= 11 is 11.7. The first-order chi connectivity index (χ1) is 9.90. The maximum Gasteiger partial charge on any atom is 0.337 e. The number of hydrogen-bond donors (Lipinski definition) is 1. The van der Waals surface area contributed by atoms with E-state index in [0.717, 1.165) is 5.56 Å². The molecule has 0 saturated heterocycles. The number of carboxylic acid groups (broad SMARTS) is 1. The maximum atomic E-state index is 11.1. The zero-order valence-electron chi connectivity index (χ0n) is 11.5. The van der Waals surface area contributed by atoms with Gasteiger partial charge in [0, 0.05) is 18.3 Å². The first-order valence-electron chi connectivity index (χ1n) is 6.27. The molecule has 1 heterocycles. The van der Waals surface area contributed by atoms with Crippen LogP contribution in [0.2, 0.25) is 10.0 Å². The highest BCUT2D eigenvalue weighted by Gasteiger charge is 2.17. The van der Waals surface area contributed by atoms with Crippen LogP contribution in [-0.4, -0.2) is 23.1 Å². The lowest BCUT2D eigenvalue weighted by Gasteiger charge is -2.26. The standard InChI is InChI=1S/C15H14Cl2N2O2/c1-9(10-3-5-11(16)6-4-10)19(2)14-7-12(15(20)21)13(17)8-18-14/h3-9H,1-2H3,(H,20,21). The molecule has 1 unspecified atom stereocenters. The topological polar surface area (TPSA) is 53.4 Å². The molecule has 2 rings (SSSR count). The van der Waals surface area contributed by atoms with Crippen LogP contribution in [0.15, 0.2) is 36.5 Å². The number of rotatable bonds is 4. The number of aromatic nitrogens is 1. The zero-order chi connectivity index (χ0) is 15.6. The van der Waals surface area contributed by atoms with E-state index >= 15 is 0 Å². The van der Waals surface area contributed by atoms with E-state index in [1.54, 1.807) is 0 Å². The fourth-order valence-electron chi connectivity index (χ4n) is 1.95. The molecule has 0 radical (unpaired) electrons. The number of carboxylic acids is 1. The molecule has 1 atom stereocenters. The van der Waals surface area contributed by atoms with Crippen molar-refractivity contribution in [1.29, 1.82) is 0 Å². The van der Waals surface area contributed by atoms with Crippen LogP contribution in [-0.2, 0) is 0 Å². The van der Waals surface area contributed by atoms with Crippen molar-refractivity contribution in [3.05, 3.63) is 57.7 Å². The summed E-state index contributed by atoms with van der Waals surface area (Å²) in [5.74, 6) is -0.532. The second-order valence-corrected chi connectivity index (χ2v) is 5.51. The molecule has 21 heavy (non-hydrogen) atoms. The Balaban J connectivity index is 2.31. The van der Waals surface area contributed by atoms with E-state index in [1.807, 2.05) is 43.1 Å². The number of aromatic carboxylic acids is 1. The predicted molar refractivity (Wildman–Crippen MR) is 84.5 cm³/mol. The van der Waals surface area contributed by atoms with Crippen LogP contribution in [0.25, 0.3) is 0 Å². The van der Waals surface area contributed by atoms with Crippen LogP contribution in [0.5, 0.6) is 0 Å². The Morgan fingerprint density at radius 3 is 2.48 bits per heavy atom. The second-order valence-electron chi connectivity index (χ2n) is 4.67. The van der Waals surface area contributed by atoms with Crippen molar-refractivity contribution in [3.63, 3.8) is 0 Å². The van der Waals surface area contributed by atoms with Crippen LogP contribution >= 0.6 is 23.2 Å². The van der Waals surface area contributed by atoms with Crippen molar-refractivity contribution in [2.75, 3.05) is 11.9 Å². The van der Waals surface area contributed by atoms with Crippen molar-refractivity contribution < 1.29 is 9.90 Å². The molecule has 0 aliphatic carbocycles. The third-order valence-corrected chi connectivity index (χ3v) is 3.92. The summed E-state index contributed by atoms with van der Waals surface area (Å²) in [4.78, 5) is 17.2. The van der Waals surface area contributed by atoms with E-state index < -0.39 is 5.97 Å². The molecule has 110 valence electrons. The van der Waals surface area contributed by atoms with Gasteiger partial charge < -0.3 is 10.0 Å². The monoisotopic (exact) mass is 324 g/mol. The van der Waals surface area contributed by atoms with E-state index in [2.05, 4.69) is 4.98 Å². The molecular formula is C15H14Cl2N2O2. The molecule has 1 aromatic heterocycles. The van der Waals surface area contributed by atoms with Gasteiger partial charge in [-0.3, -0.25) is 0 Å². The van der Waals surface area contributed by atoms with Crippen LogP contribution < -0.4 is 4.90 Å².